The van der Waals surface area contributed by atoms with E-state index in [1.165, 1.54) is 0 Å². The van der Waals surface area contributed by atoms with E-state index in [-0.39, 0.29) is 0 Å². The molecular formula is C16H9ClN4O. The summed E-state index contributed by atoms with van der Waals surface area (Å²) in [6.07, 6.45) is 3.34. The molecule has 0 saturated heterocycles. The average Bonchev–Trinajstić information content (AvgIpc) is 3.05. The molecule has 1 aromatic carbocycles. The van der Waals surface area contributed by atoms with E-state index in [4.69, 9.17) is 16.0 Å². The zero-order valence-corrected chi connectivity index (χ0v) is 12.0. The van der Waals surface area contributed by atoms with Gasteiger partial charge in [0, 0.05) is 23.3 Å². The fraction of sp³-hybridized carbons (Fsp3) is 0. The second-order valence-corrected chi connectivity index (χ2v) is 5.03. The maximum atomic E-state index is 6.24. The van der Waals surface area contributed by atoms with Gasteiger partial charge in [0.2, 0.25) is 5.89 Å². The van der Waals surface area contributed by atoms with Gasteiger partial charge in [-0.05, 0) is 24.3 Å². The van der Waals surface area contributed by atoms with E-state index in [0.717, 1.165) is 16.5 Å². The summed E-state index contributed by atoms with van der Waals surface area (Å²) in [5, 5.41) is 9.42. The SMILES string of the molecule is Clc1nc2ccccc2cc1-c1nnc(-c2ccncc2)o1. The minimum absolute atomic E-state index is 0.337. The van der Waals surface area contributed by atoms with Crippen molar-refractivity contribution in [3.63, 3.8) is 0 Å². The molecule has 0 fully saturated rings. The van der Waals surface area contributed by atoms with E-state index in [9.17, 15) is 0 Å². The number of aromatic nitrogens is 4. The summed E-state index contributed by atoms with van der Waals surface area (Å²) in [6, 6.07) is 13.2. The van der Waals surface area contributed by atoms with Crippen molar-refractivity contribution >= 4 is 22.5 Å². The monoisotopic (exact) mass is 308 g/mol. The summed E-state index contributed by atoms with van der Waals surface area (Å²) < 4.78 is 5.71. The van der Waals surface area contributed by atoms with Crippen molar-refractivity contribution in [3.8, 4) is 22.9 Å². The average molecular weight is 309 g/mol. The van der Waals surface area contributed by atoms with Gasteiger partial charge in [-0.25, -0.2) is 4.98 Å². The standard InChI is InChI=1S/C16H9ClN4O/c17-14-12(9-11-3-1-2-4-13(11)19-14)16-21-20-15(22-16)10-5-7-18-8-6-10/h1-9H. The third kappa shape index (κ3) is 2.21. The lowest BCUT2D eigenvalue weighted by molar-refractivity contribution is 0.584. The van der Waals surface area contributed by atoms with Gasteiger partial charge >= 0.3 is 0 Å². The second-order valence-electron chi connectivity index (χ2n) is 4.67. The second kappa shape index (κ2) is 5.20. The van der Waals surface area contributed by atoms with Crippen LogP contribution in [0.1, 0.15) is 0 Å². The van der Waals surface area contributed by atoms with Crippen LogP contribution in [0.4, 0.5) is 0 Å². The summed E-state index contributed by atoms with van der Waals surface area (Å²) in [4.78, 5) is 8.32. The van der Waals surface area contributed by atoms with Crippen molar-refractivity contribution in [2.24, 2.45) is 0 Å². The van der Waals surface area contributed by atoms with Gasteiger partial charge < -0.3 is 4.42 Å². The molecule has 0 aliphatic rings. The lowest BCUT2D eigenvalue weighted by Crippen LogP contribution is -1.86. The molecule has 0 N–H and O–H groups in total. The van der Waals surface area contributed by atoms with Gasteiger partial charge in [0.05, 0.1) is 11.1 Å². The first-order chi connectivity index (χ1) is 10.8. The van der Waals surface area contributed by atoms with Crippen LogP contribution < -0.4 is 0 Å². The Balaban J connectivity index is 1.82. The fourth-order valence-electron chi connectivity index (χ4n) is 2.19. The van der Waals surface area contributed by atoms with E-state index in [1.54, 1.807) is 24.5 Å². The van der Waals surface area contributed by atoms with Gasteiger partial charge in [0.25, 0.3) is 5.89 Å². The van der Waals surface area contributed by atoms with Gasteiger partial charge in [-0.15, -0.1) is 10.2 Å². The minimum Gasteiger partial charge on any atom is -0.416 e. The van der Waals surface area contributed by atoms with Crippen molar-refractivity contribution in [2.75, 3.05) is 0 Å². The molecule has 0 bridgehead atoms. The van der Waals surface area contributed by atoms with Crippen molar-refractivity contribution in [3.05, 3.63) is 60.0 Å². The van der Waals surface area contributed by atoms with E-state index in [1.807, 2.05) is 30.3 Å². The molecule has 106 valence electrons. The predicted octanol–water partition coefficient (Wildman–Crippen LogP) is 4.00. The molecule has 0 aliphatic carbocycles. The molecule has 0 amide bonds. The molecule has 0 spiro atoms. The predicted molar refractivity (Wildman–Crippen MR) is 83.3 cm³/mol. The van der Waals surface area contributed by atoms with E-state index >= 15 is 0 Å². The molecule has 3 aromatic heterocycles. The zero-order valence-electron chi connectivity index (χ0n) is 11.3. The van der Waals surface area contributed by atoms with Gasteiger partial charge in [-0.3, -0.25) is 4.98 Å². The molecule has 0 aliphatic heterocycles. The summed E-state index contributed by atoms with van der Waals surface area (Å²) in [7, 11) is 0. The maximum absolute atomic E-state index is 6.24. The van der Waals surface area contributed by atoms with Gasteiger partial charge in [-0.2, -0.15) is 0 Å². The Labute approximate surface area is 130 Å². The summed E-state index contributed by atoms with van der Waals surface area (Å²) in [6.45, 7) is 0. The normalized spacial score (nSPS) is 11.0. The van der Waals surface area contributed by atoms with Crippen LogP contribution in [0.3, 0.4) is 0 Å². The Morgan fingerprint density at radius 2 is 1.68 bits per heavy atom. The van der Waals surface area contributed by atoms with Crippen molar-refractivity contribution in [1.29, 1.82) is 0 Å². The Morgan fingerprint density at radius 1 is 0.909 bits per heavy atom. The van der Waals surface area contributed by atoms with Crippen LogP contribution >= 0.6 is 11.6 Å². The Kier molecular flexibility index (Phi) is 3.05. The zero-order chi connectivity index (χ0) is 14.9. The highest BCUT2D eigenvalue weighted by atomic mass is 35.5. The number of halogens is 1. The number of rotatable bonds is 2. The van der Waals surface area contributed by atoms with Crippen LogP contribution in [0, 0.1) is 0 Å². The number of hydrogen-bond donors (Lipinski definition) is 0. The van der Waals surface area contributed by atoms with E-state index in [2.05, 4.69) is 20.2 Å². The Bertz CT molecular complexity index is 953. The summed E-state index contributed by atoms with van der Waals surface area (Å²) in [5.41, 5.74) is 2.25. The molecule has 3 heterocycles. The molecule has 4 rings (SSSR count). The highest BCUT2D eigenvalue weighted by Gasteiger charge is 2.15. The van der Waals surface area contributed by atoms with E-state index in [0.29, 0.717) is 22.5 Å². The van der Waals surface area contributed by atoms with Crippen LogP contribution in [0.15, 0.2) is 59.3 Å². The van der Waals surface area contributed by atoms with Crippen LogP contribution in [0.25, 0.3) is 33.8 Å². The highest BCUT2D eigenvalue weighted by molar-refractivity contribution is 6.32. The Morgan fingerprint density at radius 3 is 2.55 bits per heavy atom. The lowest BCUT2D eigenvalue weighted by atomic mass is 10.1. The third-order valence-electron chi connectivity index (χ3n) is 3.26. The molecule has 22 heavy (non-hydrogen) atoms. The van der Waals surface area contributed by atoms with Crippen LogP contribution in [0.5, 0.6) is 0 Å². The third-order valence-corrected chi connectivity index (χ3v) is 3.55. The summed E-state index contributed by atoms with van der Waals surface area (Å²) in [5.74, 6) is 0.761. The molecule has 0 radical (unpaired) electrons. The molecule has 0 unspecified atom stereocenters. The quantitative estimate of drug-likeness (QED) is 0.524. The maximum Gasteiger partial charge on any atom is 0.251 e. The molecule has 4 aromatic rings. The fourth-order valence-corrected chi connectivity index (χ4v) is 2.41. The number of hydrogen-bond acceptors (Lipinski definition) is 5. The van der Waals surface area contributed by atoms with Crippen molar-refractivity contribution in [2.45, 2.75) is 0 Å². The Hall–Kier alpha value is -2.79. The number of nitrogens with zero attached hydrogens (tertiary/aromatic N) is 4. The van der Waals surface area contributed by atoms with Crippen LogP contribution in [-0.4, -0.2) is 20.2 Å². The number of fused-ring (bicyclic) bond motifs is 1. The minimum atomic E-state index is 0.337. The van der Waals surface area contributed by atoms with E-state index < -0.39 is 0 Å². The van der Waals surface area contributed by atoms with Crippen molar-refractivity contribution in [1.82, 2.24) is 20.2 Å². The molecule has 0 atom stereocenters. The van der Waals surface area contributed by atoms with Gasteiger partial charge in [0.15, 0.2) is 0 Å². The number of pyridine rings is 2. The molecule has 6 heteroatoms. The van der Waals surface area contributed by atoms with Crippen LogP contribution in [-0.2, 0) is 0 Å². The number of para-hydroxylation sites is 1. The largest absolute Gasteiger partial charge is 0.416 e. The summed E-state index contributed by atoms with van der Waals surface area (Å²) >= 11 is 6.24. The van der Waals surface area contributed by atoms with Gasteiger partial charge in [0.1, 0.15) is 5.15 Å². The van der Waals surface area contributed by atoms with Crippen LogP contribution in [0.2, 0.25) is 5.15 Å². The smallest absolute Gasteiger partial charge is 0.251 e. The highest BCUT2D eigenvalue weighted by Crippen LogP contribution is 2.30. The first-order valence-electron chi connectivity index (χ1n) is 6.61. The van der Waals surface area contributed by atoms with Crippen molar-refractivity contribution < 1.29 is 4.42 Å². The van der Waals surface area contributed by atoms with Gasteiger partial charge in [-0.1, -0.05) is 29.8 Å². The first kappa shape index (κ1) is 12.9. The topological polar surface area (TPSA) is 64.7 Å². The molecule has 0 saturated carbocycles. The molecule has 5 nitrogen and oxygen atoms in total. The lowest BCUT2D eigenvalue weighted by Gasteiger charge is -2.02. The first-order valence-corrected chi connectivity index (χ1v) is 6.98. The molecular weight excluding hydrogens is 300 g/mol. The number of benzene rings is 1.